The Morgan fingerprint density at radius 2 is 1.38 bits per heavy atom. The molecule has 0 amide bonds. The van der Waals surface area contributed by atoms with E-state index < -0.39 is 0 Å². The van der Waals surface area contributed by atoms with Gasteiger partial charge in [0.2, 0.25) is 0 Å². The van der Waals surface area contributed by atoms with E-state index >= 15 is 0 Å². The summed E-state index contributed by atoms with van der Waals surface area (Å²) in [7, 11) is 0. The molecule has 4 heteroatoms. The Labute approximate surface area is 175 Å². The molecule has 0 unspecified atom stereocenters. The summed E-state index contributed by atoms with van der Waals surface area (Å²) in [6.07, 6.45) is 3.59. The van der Waals surface area contributed by atoms with Gasteiger partial charge in [-0.3, -0.25) is 4.98 Å². The quantitative estimate of drug-likeness (QED) is 0.491. The SMILES string of the molecule is CC.CC(C)N(CCCCO)c1cnc(-c2ccccc2)c(-c2ccccc2)n1. The van der Waals surface area contributed by atoms with Crippen molar-refractivity contribution in [1.82, 2.24) is 9.97 Å². The van der Waals surface area contributed by atoms with Gasteiger partial charge in [-0.05, 0) is 26.7 Å². The zero-order valence-corrected chi connectivity index (χ0v) is 18.0. The molecule has 4 nitrogen and oxygen atoms in total. The minimum Gasteiger partial charge on any atom is -0.396 e. The first-order valence-corrected chi connectivity index (χ1v) is 10.6. The Kier molecular flexibility index (Phi) is 9.32. The predicted molar refractivity (Wildman–Crippen MR) is 123 cm³/mol. The third-order valence-corrected chi connectivity index (χ3v) is 4.58. The smallest absolute Gasteiger partial charge is 0.148 e. The first-order valence-electron chi connectivity index (χ1n) is 10.6. The summed E-state index contributed by atoms with van der Waals surface area (Å²) in [5, 5.41) is 9.10. The molecule has 0 radical (unpaired) electrons. The van der Waals surface area contributed by atoms with Crippen molar-refractivity contribution in [3.63, 3.8) is 0 Å². The molecule has 0 aliphatic carbocycles. The zero-order chi connectivity index (χ0) is 21.1. The van der Waals surface area contributed by atoms with Crippen molar-refractivity contribution in [3.8, 4) is 22.5 Å². The van der Waals surface area contributed by atoms with Crippen LogP contribution in [-0.4, -0.2) is 34.3 Å². The number of anilines is 1. The van der Waals surface area contributed by atoms with Gasteiger partial charge < -0.3 is 10.0 Å². The molecule has 0 fully saturated rings. The predicted octanol–water partition coefficient (Wildman–Crippen LogP) is 5.82. The van der Waals surface area contributed by atoms with Crippen molar-refractivity contribution in [2.75, 3.05) is 18.1 Å². The molecule has 3 rings (SSSR count). The largest absolute Gasteiger partial charge is 0.396 e. The summed E-state index contributed by atoms with van der Waals surface area (Å²) < 4.78 is 0. The molecule has 0 atom stereocenters. The number of aromatic nitrogens is 2. The highest BCUT2D eigenvalue weighted by atomic mass is 16.2. The van der Waals surface area contributed by atoms with Crippen LogP contribution in [0.2, 0.25) is 0 Å². The van der Waals surface area contributed by atoms with Gasteiger partial charge in [-0.25, -0.2) is 4.98 Å². The molecule has 0 saturated carbocycles. The summed E-state index contributed by atoms with van der Waals surface area (Å²) in [4.78, 5) is 12.1. The lowest BCUT2D eigenvalue weighted by Gasteiger charge is -2.28. The lowest BCUT2D eigenvalue weighted by atomic mass is 10.0. The highest BCUT2D eigenvalue weighted by molar-refractivity contribution is 5.78. The third kappa shape index (κ3) is 6.13. The Bertz CT molecular complexity index is 835. The van der Waals surface area contributed by atoms with Gasteiger partial charge in [0.05, 0.1) is 17.6 Å². The van der Waals surface area contributed by atoms with E-state index in [1.165, 1.54) is 0 Å². The van der Waals surface area contributed by atoms with E-state index in [0.29, 0.717) is 6.04 Å². The van der Waals surface area contributed by atoms with E-state index in [1.807, 2.05) is 56.4 Å². The van der Waals surface area contributed by atoms with Crippen LogP contribution >= 0.6 is 0 Å². The van der Waals surface area contributed by atoms with Crippen LogP contribution < -0.4 is 4.90 Å². The maximum Gasteiger partial charge on any atom is 0.148 e. The maximum atomic E-state index is 9.10. The van der Waals surface area contributed by atoms with E-state index in [9.17, 15) is 0 Å². The highest BCUT2D eigenvalue weighted by Crippen LogP contribution is 2.30. The van der Waals surface area contributed by atoms with Crippen molar-refractivity contribution < 1.29 is 5.11 Å². The third-order valence-electron chi connectivity index (χ3n) is 4.58. The van der Waals surface area contributed by atoms with Gasteiger partial charge in [0.25, 0.3) is 0 Å². The fourth-order valence-electron chi connectivity index (χ4n) is 3.15. The number of unbranched alkanes of at least 4 members (excludes halogenated alkanes) is 1. The summed E-state index contributed by atoms with van der Waals surface area (Å²) in [6.45, 7) is 9.40. The number of hydrogen-bond donors (Lipinski definition) is 1. The lowest BCUT2D eigenvalue weighted by molar-refractivity contribution is 0.284. The summed E-state index contributed by atoms with van der Waals surface area (Å²) in [5.41, 5.74) is 3.91. The van der Waals surface area contributed by atoms with Crippen molar-refractivity contribution in [2.45, 2.75) is 46.6 Å². The van der Waals surface area contributed by atoms with Crippen LogP contribution in [0.4, 0.5) is 5.82 Å². The second-order valence-corrected chi connectivity index (χ2v) is 6.88. The van der Waals surface area contributed by atoms with E-state index in [0.717, 1.165) is 47.7 Å². The van der Waals surface area contributed by atoms with E-state index in [4.69, 9.17) is 15.1 Å². The second-order valence-electron chi connectivity index (χ2n) is 6.88. The minimum atomic E-state index is 0.222. The van der Waals surface area contributed by atoms with E-state index in [2.05, 4.69) is 43.0 Å². The Morgan fingerprint density at radius 1 is 0.828 bits per heavy atom. The van der Waals surface area contributed by atoms with Crippen molar-refractivity contribution in [1.29, 1.82) is 0 Å². The number of aliphatic hydroxyl groups excluding tert-OH is 1. The average molecular weight is 392 g/mol. The number of aliphatic hydroxyl groups is 1. The zero-order valence-electron chi connectivity index (χ0n) is 18.0. The van der Waals surface area contributed by atoms with Gasteiger partial charge in [0.15, 0.2) is 0 Å². The summed E-state index contributed by atoms with van der Waals surface area (Å²) in [6, 6.07) is 20.7. The monoisotopic (exact) mass is 391 g/mol. The molecule has 0 bridgehead atoms. The minimum absolute atomic E-state index is 0.222. The Balaban J connectivity index is 0.00000145. The van der Waals surface area contributed by atoms with Crippen molar-refractivity contribution in [2.24, 2.45) is 0 Å². The molecule has 1 N–H and O–H groups in total. The fourth-order valence-corrected chi connectivity index (χ4v) is 3.15. The average Bonchev–Trinajstić information content (AvgIpc) is 2.79. The number of rotatable bonds is 8. The molecule has 3 aromatic rings. The number of hydrogen-bond acceptors (Lipinski definition) is 4. The normalized spacial score (nSPS) is 10.4. The lowest BCUT2D eigenvalue weighted by Crippen LogP contribution is -2.32. The van der Waals surface area contributed by atoms with Crippen LogP contribution in [0, 0.1) is 0 Å². The van der Waals surface area contributed by atoms with Gasteiger partial charge in [-0.2, -0.15) is 0 Å². The second kappa shape index (κ2) is 12.0. The summed E-state index contributed by atoms with van der Waals surface area (Å²) >= 11 is 0. The molecule has 1 aromatic heterocycles. The maximum absolute atomic E-state index is 9.10. The standard InChI is InChI=1S/C23H27N3O.C2H6/c1-18(2)26(15-9-10-16-27)21-17-24-22(19-11-5-3-6-12-19)23(25-21)20-13-7-4-8-14-20;1-2/h3-8,11-14,17-18,27H,9-10,15-16H2,1-2H3;1-2H3. The molecule has 0 aliphatic rings. The molecule has 154 valence electrons. The molecule has 1 heterocycles. The first-order chi connectivity index (χ1) is 14.2. The van der Waals surface area contributed by atoms with Crippen LogP contribution in [0.1, 0.15) is 40.5 Å². The molecular formula is C25H33N3O. The summed E-state index contributed by atoms with van der Waals surface area (Å²) in [5.74, 6) is 0.876. The topological polar surface area (TPSA) is 49.2 Å². The molecular weight excluding hydrogens is 358 g/mol. The van der Waals surface area contributed by atoms with Gasteiger partial charge >= 0.3 is 0 Å². The van der Waals surface area contributed by atoms with E-state index in [1.54, 1.807) is 0 Å². The molecule has 0 saturated heterocycles. The van der Waals surface area contributed by atoms with Crippen molar-refractivity contribution >= 4 is 5.82 Å². The molecule has 29 heavy (non-hydrogen) atoms. The van der Waals surface area contributed by atoms with Gasteiger partial charge in [-0.1, -0.05) is 74.5 Å². The van der Waals surface area contributed by atoms with Gasteiger partial charge in [0.1, 0.15) is 5.82 Å². The molecule has 0 aliphatic heterocycles. The van der Waals surface area contributed by atoms with Crippen LogP contribution in [0.5, 0.6) is 0 Å². The highest BCUT2D eigenvalue weighted by Gasteiger charge is 2.17. The first kappa shape index (κ1) is 22.6. The van der Waals surface area contributed by atoms with Crippen LogP contribution in [0.3, 0.4) is 0 Å². The van der Waals surface area contributed by atoms with Gasteiger partial charge in [-0.15, -0.1) is 0 Å². The Hall–Kier alpha value is -2.72. The van der Waals surface area contributed by atoms with Crippen LogP contribution in [-0.2, 0) is 0 Å². The molecule has 2 aromatic carbocycles. The van der Waals surface area contributed by atoms with Gasteiger partial charge in [0, 0.05) is 30.3 Å². The van der Waals surface area contributed by atoms with Crippen molar-refractivity contribution in [3.05, 3.63) is 66.9 Å². The fraction of sp³-hybridized carbons (Fsp3) is 0.360. The van der Waals surface area contributed by atoms with E-state index in [-0.39, 0.29) is 6.61 Å². The van der Waals surface area contributed by atoms with Crippen LogP contribution in [0.15, 0.2) is 66.9 Å². The van der Waals surface area contributed by atoms with Crippen LogP contribution in [0.25, 0.3) is 22.5 Å². The molecule has 0 spiro atoms. The number of nitrogens with zero attached hydrogens (tertiary/aromatic N) is 3. The Morgan fingerprint density at radius 3 is 1.90 bits per heavy atom. The number of benzene rings is 2.